The van der Waals surface area contributed by atoms with E-state index in [0.717, 1.165) is 30.0 Å². The summed E-state index contributed by atoms with van der Waals surface area (Å²) in [5.41, 5.74) is 3.32. The number of fused-ring (bicyclic) bond motifs is 1. The average Bonchev–Trinajstić information content (AvgIpc) is 3.11. The van der Waals surface area contributed by atoms with Gasteiger partial charge < -0.3 is 4.42 Å². The Bertz CT molecular complexity index is 778. The zero-order valence-electron chi connectivity index (χ0n) is 14.9. The van der Waals surface area contributed by atoms with Crippen molar-refractivity contribution >= 4 is 11.1 Å². The van der Waals surface area contributed by atoms with Crippen LogP contribution in [0.1, 0.15) is 43.6 Å². The Morgan fingerprint density at radius 3 is 2.76 bits per heavy atom. The molecular weight excluding hydrogens is 308 g/mol. The minimum Gasteiger partial charge on any atom is -0.440 e. The Hall–Kier alpha value is -2.13. The molecule has 1 aliphatic rings. The third-order valence-corrected chi connectivity index (χ3v) is 5.43. The van der Waals surface area contributed by atoms with Gasteiger partial charge in [-0.1, -0.05) is 42.5 Å². The summed E-state index contributed by atoms with van der Waals surface area (Å²) in [5.74, 6) is 1.33. The molecule has 0 saturated carbocycles. The Labute approximate surface area is 149 Å². The molecule has 1 fully saturated rings. The summed E-state index contributed by atoms with van der Waals surface area (Å²) in [6, 6.07) is 19.5. The van der Waals surface area contributed by atoms with Gasteiger partial charge in [0.1, 0.15) is 5.52 Å². The Morgan fingerprint density at radius 1 is 1.12 bits per heavy atom. The lowest BCUT2D eigenvalue weighted by atomic mass is 9.95. The lowest BCUT2D eigenvalue weighted by molar-refractivity contribution is 0.143. The van der Waals surface area contributed by atoms with Crippen LogP contribution in [-0.2, 0) is 6.42 Å². The molecule has 2 unspecified atom stereocenters. The first kappa shape index (κ1) is 16.3. The first-order valence-corrected chi connectivity index (χ1v) is 9.43. The van der Waals surface area contributed by atoms with E-state index in [1.165, 1.54) is 31.4 Å². The maximum absolute atomic E-state index is 6.03. The van der Waals surface area contributed by atoms with Gasteiger partial charge in [-0.3, -0.25) is 4.90 Å². The van der Waals surface area contributed by atoms with Crippen LogP contribution >= 0.6 is 0 Å². The van der Waals surface area contributed by atoms with Crippen LogP contribution in [0.15, 0.2) is 59.0 Å². The predicted octanol–water partition coefficient (Wildman–Crippen LogP) is 5.03. The molecule has 0 amide bonds. The van der Waals surface area contributed by atoms with Crippen molar-refractivity contribution < 1.29 is 4.42 Å². The van der Waals surface area contributed by atoms with E-state index in [0.29, 0.717) is 12.0 Å². The van der Waals surface area contributed by atoms with E-state index >= 15 is 0 Å². The lowest BCUT2D eigenvalue weighted by Crippen LogP contribution is -2.40. The number of aryl methyl sites for hydroxylation is 1. The van der Waals surface area contributed by atoms with Gasteiger partial charge in [-0.2, -0.15) is 0 Å². The van der Waals surface area contributed by atoms with Gasteiger partial charge >= 0.3 is 0 Å². The summed E-state index contributed by atoms with van der Waals surface area (Å²) in [6.07, 6.45) is 4.74. The molecule has 2 aromatic carbocycles. The number of piperidine rings is 1. The molecule has 4 rings (SSSR count). The number of benzene rings is 2. The number of likely N-dealkylation sites (tertiary alicyclic amines) is 1. The van der Waals surface area contributed by atoms with Crippen molar-refractivity contribution in [2.45, 2.75) is 44.6 Å². The molecule has 2 heterocycles. The maximum Gasteiger partial charge on any atom is 0.199 e. The van der Waals surface area contributed by atoms with Crippen molar-refractivity contribution in [2.24, 2.45) is 0 Å². The van der Waals surface area contributed by atoms with E-state index in [1.54, 1.807) is 0 Å². The Balaban J connectivity index is 1.40. The SMILES string of the molecule is CC(CCc1ccccc1)N1CCCC(c2nc3ccccc3o2)C1. The molecule has 3 aromatic rings. The van der Waals surface area contributed by atoms with Crippen LogP contribution in [0.3, 0.4) is 0 Å². The number of para-hydroxylation sites is 2. The highest BCUT2D eigenvalue weighted by Gasteiger charge is 2.27. The van der Waals surface area contributed by atoms with Crippen molar-refractivity contribution in [1.82, 2.24) is 9.88 Å². The molecule has 3 nitrogen and oxygen atoms in total. The fraction of sp³-hybridized carbons (Fsp3) is 0.409. The van der Waals surface area contributed by atoms with E-state index in [9.17, 15) is 0 Å². The number of nitrogens with zero attached hydrogens (tertiary/aromatic N) is 2. The molecule has 1 saturated heterocycles. The zero-order valence-corrected chi connectivity index (χ0v) is 14.9. The van der Waals surface area contributed by atoms with Crippen LogP contribution in [0.2, 0.25) is 0 Å². The van der Waals surface area contributed by atoms with Gasteiger partial charge in [0, 0.05) is 18.5 Å². The summed E-state index contributed by atoms with van der Waals surface area (Å²) in [6.45, 7) is 4.60. The van der Waals surface area contributed by atoms with Crippen LogP contribution in [0.4, 0.5) is 0 Å². The van der Waals surface area contributed by atoms with Crippen LogP contribution in [0, 0.1) is 0 Å². The number of hydrogen-bond acceptors (Lipinski definition) is 3. The molecule has 3 heteroatoms. The van der Waals surface area contributed by atoms with E-state index in [4.69, 9.17) is 9.40 Å². The van der Waals surface area contributed by atoms with Gasteiger partial charge in [-0.15, -0.1) is 0 Å². The number of rotatable bonds is 5. The van der Waals surface area contributed by atoms with Gasteiger partial charge in [0.15, 0.2) is 11.5 Å². The van der Waals surface area contributed by atoms with E-state index in [2.05, 4.69) is 42.2 Å². The number of oxazole rings is 1. The molecule has 1 aliphatic heterocycles. The standard InChI is InChI=1S/C22H26N2O/c1-17(13-14-18-8-3-2-4-9-18)24-15-7-10-19(16-24)22-23-20-11-5-6-12-21(20)25-22/h2-6,8-9,11-12,17,19H,7,10,13-16H2,1H3. The van der Waals surface area contributed by atoms with Crippen LogP contribution in [0.5, 0.6) is 0 Å². The second-order valence-corrected chi connectivity index (χ2v) is 7.23. The van der Waals surface area contributed by atoms with Gasteiger partial charge in [-0.25, -0.2) is 4.98 Å². The van der Waals surface area contributed by atoms with E-state index in [1.807, 2.05) is 24.3 Å². The fourth-order valence-electron chi connectivity index (χ4n) is 3.88. The largest absolute Gasteiger partial charge is 0.440 e. The molecule has 130 valence electrons. The maximum atomic E-state index is 6.03. The molecule has 0 radical (unpaired) electrons. The van der Waals surface area contributed by atoms with Crippen molar-refractivity contribution in [3.63, 3.8) is 0 Å². The minimum absolute atomic E-state index is 0.417. The monoisotopic (exact) mass is 334 g/mol. The average molecular weight is 334 g/mol. The summed E-state index contributed by atoms with van der Waals surface area (Å²) in [4.78, 5) is 7.35. The molecule has 2 atom stereocenters. The third kappa shape index (κ3) is 3.77. The predicted molar refractivity (Wildman–Crippen MR) is 102 cm³/mol. The van der Waals surface area contributed by atoms with Gasteiger partial charge in [0.05, 0.1) is 0 Å². The molecule has 0 bridgehead atoms. The smallest absolute Gasteiger partial charge is 0.199 e. The molecule has 1 aromatic heterocycles. The highest BCUT2D eigenvalue weighted by Crippen LogP contribution is 2.30. The lowest BCUT2D eigenvalue weighted by Gasteiger charge is -2.35. The normalized spacial score (nSPS) is 20.0. The molecule has 0 N–H and O–H groups in total. The van der Waals surface area contributed by atoms with Crippen LogP contribution < -0.4 is 0 Å². The highest BCUT2D eigenvalue weighted by molar-refractivity contribution is 5.72. The van der Waals surface area contributed by atoms with Crippen molar-refractivity contribution in [3.05, 3.63) is 66.1 Å². The molecule has 25 heavy (non-hydrogen) atoms. The van der Waals surface area contributed by atoms with Crippen molar-refractivity contribution in [1.29, 1.82) is 0 Å². The first-order valence-electron chi connectivity index (χ1n) is 9.43. The molecule has 0 aliphatic carbocycles. The topological polar surface area (TPSA) is 29.3 Å². The van der Waals surface area contributed by atoms with Crippen molar-refractivity contribution in [3.8, 4) is 0 Å². The van der Waals surface area contributed by atoms with Crippen LogP contribution in [-0.4, -0.2) is 29.0 Å². The van der Waals surface area contributed by atoms with Gasteiger partial charge in [0.25, 0.3) is 0 Å². The second kappa shape index (κ2) is 7.40. The van der Waals surface area contributed by atoms with E-state index < -0.39 is 0 Å². The second-order valence-electron chi connectivity index (χ2n) is 7.23. The highest BCUT2D eigenvalue weighted by atomic mass is 16.3. The van der Waals surface area contributed by atoms with Gasteiger partial charge in [-0.05, 0) is 56.8 Å². The van der Waals surface area contributed by atoms with Gasteiger partial charge in [0.2, 0.25) is 0 Å². The third-order valence-electron chi connectivity index (χ3n) is 5.43. The number of aromatic nitrogens is 1. The quantitative estimate of drug-likeness (QED) is 0.655. The fourth-order valence-corrected chi connectivity index (χ4v) is 3.88. The minimum atomic E-state index is 0.417. The van der Waals surface area contributed by atoms with Crippen molar-refractivity contribution in [2.75, 3.05) is 13.1 Å². The molecule has 0 spiro atoms. The Morgan fingerprint density at radius 2 is 1.92 bits per heavy atom. The summed E-state index contributed by atoms with van der Waals surface area (Å²) in [7, 11) is 0. The van der Waals surface area contributed by atoms with E-state index in [-0.39, 0.29) is 0 Å². The zero-order chi connectivity index (χ0) is 17.1. The summed E-state index contributed by atoms with van der Waals surface area (Å²) >= 11 is 0. The molecular formula is C22H26N2O. The summed E-state index contributed by atoms with van der Waals surface area (Å²) in [5, 5.41) is 0. The number of hydrogen-bond donors (Lipinski definition) is 0. The Kier molecular flexibility index (Phi) is 4.84. The first-order chi connectivity index (χ1) is 12.3. The van der Waals surface area contributed by atoms with Crippen LogP contribution in [0.25, 0.3) is 11.1 Å². The summed E-state index contributed by atoms with van der Waals surface area (Å²) < 4.78 is 6.03.